The van der Waals surface area contributed by atoms with Crippen LogP contribution in [-0.2, 0) is 0 Å². The number of hydrazine groups is 1. The molecule has 0 aromatic heterocycles. The summed E-state index contributed by atoms with van der Waals surface area (Å²) in [6.45, 7) is 2.15. The molecule has 1 aliphatic rings. The molecule has 6 N–H and O–H groups in total. The van der Waals surface area contributed by atoms with Crippen molar-refractivity contribution in [1.82, 2.24) is 10.7 Å². The van der Waals surface area contributed by atoms with E-state index in [0.717, 1.165) is 19.3 Å². The van der Waals surface area contributed by atoms with Gasteiger partial charge < -0.3 is 16.5 Å². The maximum atomic E-state index is 5.95. The summed E-state index contributed by atoms with van der Waals surface area (Å²) in [5, 5.41) is 3.67. The van der Waals surface area contributed by atoms with Crippen molar-refractivity contribution < 1.29 is 0 Å². The second-order valence-corrected chi connectivity index (χ2v) is 4.09. The van der Waals surface area contributed by atoms with Crippen LogP contribution in [0.25, 0.3) is 0 Å². The number of hydrogen-bond donors (Lipinski definition) is 4. The Labute approximate surface area is 84.4 Å². The summed E-state index contributed by atoms with van der Waals surface area (Å²) in [6, 6.07) is 0.652. The molecule has 1 aliphatic carbocycles. The van der Waals surface area contributed by atoms with E-state index >= 15 is 0 Å². The second kappa shape index (κ2) is 4.74. The first kappa shape index (κ1) is 10.7. The largest absolute Gasteiger partial charge is 0.359 e. The summed E-state index contributed by atoms with van der Waals surface area (Å²) in [4.78, 5) is 0. The lowest BCUT2D eigenvalue weighted by atomic mass is 9.82. The molecule has 1 saturated carbocycles. The average Bonchev–Trinajstić information content (AvgIpc) is 2.13. The number of hydrogen-bond acceptors (Lipinski definition) is 3. The van der Waals surface area contributed by atoms with Crippen molar-refractivity contribution in [3.05, 3.63) is 0 Å². The van der Waals surface area contributed by atoms with Crippen molar-refractivity contribution in [2.24, 2.45) is 17.5 Å². The van der Waals surface area contributed by atoms with Gasteiger partial charge in [0.05, 0.1) is 0 Å². The maximum Gasteiger partial charge on any atom is 0.180 e. The van der Waals surface area contributed by atoms with Crippen LogP contribution in [0.3, 0.4) is 0 Å². The molecule has 0 bridgehead atoms. The van der Waals surface area contributed by atoms with Crippen LogP contribution in [0.2, 0.25) is 0 Å². The fraction of sp³-hybridized carbons (Fsp3) is 0.875. The van der Waals surface area contributed by atoms with Crippen molar-refractivity contribution in [3.63, 3.8) is 0 Å². The summed E-state index contributed by atoms with van der Waals surface area (Å²) < 4.78 is 0. The molecule has 5 heteroatoms. The first-order valence-electron chi connectivity index (χ1n) is 4.68. The topological polar surface area (TPSA) is 76.1 Å². The van der Waals surface area contributed by atoms with E-state index in [0.29, 0.717) is 17.1 Å². The van der Waals surface area contributed by atoms with Gasteiger partial charge in [0.25, 0.3) is 0 Å². The van der Waals surface area contributed by atoms with E-state index in [1.807, 2.05) is 0 Å². The van der Waals surface area contributed by atoms with Crippen molar-refractivity contribution in [1.29, 1.82) is 0 Å². The molecule has 1 fully saturated rings. The summed E-state index contributed by atoms with van der Waals surface area (Å²) >= 11 is 4.94. The highest BCUT2D eigenvalue weighted by atomic mass is 32.1. The normalized spacial score (nSPS) is 33.9. The van der Waals surface area contributed by atoms with Gasteiger partial charge in [-0.3, -0.25) is 0 Å². The molecule has 0 heterocycles. The average molecular weight is 202 g/mol. The molecule has 3 unspecified atom stereocenters. The Balaban J connectivity index is 2.43. The Morgan fingerprint density at radius 2 is 2.15 bits per heavy atom. The predicted octanol–water partition coefficient (Wildman–Crippen LogP) is -0.160. The monoisotopic (exact) mass is 202 g/mol. The molecule has 1 rings (SSSR count). The van der Waals surface area contributed by atoms with Crippen LogP contribution in [0, 0.1) is 5.92 Å². The summed E-state index contributed by atoms with van der Waals surface area (Å²) in [5.74, 6) is 5.64. The third-order valence-electron chi connectivity index (χ3n) is 2.81. The maximum absolute atomic E-state index is 5.95. The van der Waals surface area contributed by atoms with Crippen molar-refractivity contribution in [2.45, 2.75) is 38.3 Å². The quantitative estimate of drug-likeness (QED) is 0.270. The highest BCUT2D eigenvalue weighted by Crippen LogP contribution is 2.22. The van der Waals surface area contributed by atoms with E-state index in [1.165, 1.54) is 0 Å². The van der Waals surface area contributed by atoms with E-state index in [2.05, 4.69) is 17.7 Å². The summed E-state index contributed by atoms with van der Waals surface area (Å²) in [6.07, 6.45) is 3.40. The van der Waals surface area contributed by atoms with Crippen molar-refractivity contribution in [3.8, 4) is 0 Å². The Morgan fingerprint density at radius 1 is 1.46 bits per heavy atom. The molecule has 76 valence electrons. The fourth-order valence-corrected chi connectivity index (χ4v) is 1.96. The molecule has 3 atom stereocenters. The zero-order valence-corrected chi connectivity index (χ0v) is 8.73. The summed E-state index contributed by atoms with van der Waals surface area (Å²) in [5.41, 5.74) is 8.38. The lowest BCUT2D eigenvalue weighted by molar-refractivity contribution is 0.268. The molecule has 0 saturated heterocycles. The molecule has 0 aliphatic heterocycles. The standard InChI is InChI=1S/C8H18N4S/c1-5-6(9)3-2-4-7(5)11-8(13)12-10/h5-7H,2-4,9-10H2,1H3,(H2,11,12,13). The van der Waals surface area contributed by atoms with E-state index in [1.54, 1.807) is 0 Å². The Kier molecular flexibility index (Phi) is 3.90. The number of rotatable bonds is 1. The van der Waals surface area contributed by atoms with Gasteiger partial charge >= 0.3 is 0 Å². The van der Waals surface area contributed by atoms with Crippen LogP contribution >= 0.6 is 12.2 Å². The van der Waals surface area contributed by atoms with E-state index in [9.17, 15) is 0 Å². The molecule has 13 heavy (non-hydrogen) atoms. The molecular weight excluding hydrogens is 184 g/mol. The number of nitrogens with two attached hydrogens (primary N) is 2. The highest BCUT2D eigenvalue weighted by Gasteiger charge is 2.27. The van der Waals surface area contributed by atoms with E-state index in [-0.39, 0.29) is 6.04 Å². The first-order chi connectivity index (χ1) is 6.15. The molecule has 0 amide bonds. The van der Waals surface area contributed by atoms with Crippen molar-refractivity contribution >= 4 is 17.3 Å². The minimum atomic E-state index is 0.284. The zero-order chi connectivity index (χ0) is 9.84. The van der Waals surface area contributed by atoms with Gasteiger partial charge in [-0.05, 0) is 37.4 Å². The SMILES string of the molecule is CC1C(N)CCCC1NC(=S)NN. The lowest BCUT2D eigenvalue weighted by Gasteiger charge is -2.34. The third-order valence-corrected chi connectivity index (χ3v) is 3.05. The smallest absolute Gasteiger partial charge is 0.180 e. The zero-order valence-electron chi connectivity index (χ0n) is 7.92. The Hall–Kier alpha value is -0.390. The van der Waals surface area contributed by atoms with Crippen LogP contribution in [-0.4, -0.2) is 17.2 Å². The van der Waals surface area contributed by atoms with Crippen LogP contribution in [0.1, 0.15) is 26.2 Å². The van der Waals surface area contributed by atoms with Gasteiger partial charge in [0.15, 0.2) is 5.11 Å². The van der Waals surface area contributed by atoms with Gasteiger partial charge in [-0.1, -0.05) is 6.92 Å². The number of thiocarbonyl (C=S) groups is 1. The number of nitrogens with one attached hydrogen (secondary N) is 2. The predicted molar refractivity (Wildman–Crippen MR) is 57.8 cm³/mol. The first-order valence-corrected chi connectivity index (χ1v) is 5.08. The molecule has 4 nitrogen and oxygen atoms in total. The molecule has 0 spiro atoms. The van der Waals surface area contributed by atoms with Gasteiger partial charge in [0, 0.05) is 12.1 Å². The van der Waals surface area contributed by atoms with Crippen LogP contribution < -0.4 is 22.3 Å². The molecular formula is C8H18N4S. The molecule has 0 radical (unpaired) electrons. The highest BCUT2D eigenvalue weighted by molar-refractivity contribution is 7.80. The third kappa shape index (κ3) is 2.79. The van der Waals surface area contributed by atoms with Gasteiger partial charge in [-0.2, -0.15) is 0 Å². The van der Waals surface area contributed by atoms with E-state index in [4.69, 9.17) is 23.8 Å². The Morgan fingerprint density at radius 3 is 2.77 bits per heavy atom. The lowest BCUT2D eigenvalue weighted by Crippen LogP contribution is -2.52. The molecule has 0 aromatic rings. The van der Waals surface area contributed by atoms with Gasteiger partial charge in [0.1, 0.15) is 0 Å². The minimum Gasteiger partial charge on any atom is -0.359 e. The fourth-order valence-electron chi connectivity index (χ4n) is 1.81. The van der Waals surface area contributed by atoms with Crippen molar-refractivity contribution in [2.75, 3.05) is 0 Å². The van der Waals surface area contributed by atoms with Crippen LogP contribution in [0.5, 0.6) is 0 Å². The van der Waals surface area contributed by atoms with Gasteiger partial charge in [-0.15, -0.1) is 0 Å². The van der Waals surface area contributed by atoms with Crippen LogP contribution in [0.4, 0.5) is 0 Å². The summed E-state index contributed by atoms with van der Waals surface area (Å²) in [7, 11) is 0. The van der Waals surface area contributed by atoms with Crippen LogP contribution in [0.15, 0.2) is 0 Å². The van der Waals surface area contributed by atoms with E-state index < -0.39 is 0 Å². The second-order valence-electron chi connectivity index (χ2n) is 3.68. The minimum absolute atomic E-state index is 0.284. The van der Waals surface area contributed by atoms with Gasteiger partial charge in [-0.25, -0.2) is 5.84 Å². The van der Waals surface area contributed by atoms with Gasteiger partial charge in [0.2, 0.25) is 0 Å². The molecule has 0 aromatic carbocycles. The Bertz CT molecular complexity index is 185.